The molecule has 0 saturated carbocycles. The highest BCUT2D eigenvalue weighted by molar-refractivity contribution is 7.08. The minimum atomic E-state index is -1.10. The summed E-state index contributed by atoms with van der Waals surface area (Å²) in [7, 11) is 0. The van der Waals surface area contributed by atoms with E-state index in [1.807, 2.05) is 12.3 Å². The summed E-state index contributed by atoms with van der Waals surface area (Å²) in [5.41, 5.74) is 2.64. The van der Waals surface area contributed by atoms with E-state index in [-0.39, 0.29) is 11.6 Å². The lowest BCUT2D eigenvalue weighted by molar-refractivity contribution is 0.0689. The summed E-state index contributed by atoms with van der Waals surface area (Å²) >= 11 is 1.47. The third-order valence-corrected chi connectivity index (χ3v) is 4.17. The molecule has 3 rings (SSSR count). The molecule has 0 saturated heterocycles. The summed E-state index contributed by atoms with van der Waals surface area (Å²) in [5, 5.41) is 19.5. The number of para-hydroxylation sites is 2. The second kappa shape index (κ2) is 6.05. The molecule has 3 aromatic rings. The summed E-state index contributed by atoms with van der Waals surface area (Å²) in [5.74, 6) is -1.30. The SMILES string of the molecule is Cc1cscc1C(=O)Nc1ccccc1-n1ccc(C(=O)O)n1. The number of aromatic nitrogens is 2. The number of hydrogen-bond acceptors (Lipinski definition) is 4. The predicted molar refractivity (Wildman–Crippen MR) is 87.5 cm³/mol. The van der Waals surface area contributed by atoms with Crippen LogP contribution in [0.3, 0.4) is 0 Å². The lowest BCUT2D eigenvalue weighted by Gasteiger charge is -2.11. The first-order valence-corrected chi connectivity index (χ1v) is 7.73. The molecule has 0 aliphatic rings. The zero-order valence-electron chi connectivity index (χ0n) is 12.2. The number of rotatable bonds is 4. The van der Waals surface area contributed by atoms with Gasteiger partial charge in [-0.1, -0.05) is 12.1 Å². The number of nitrogens with one attached hydrogen (secondary N) is 1. The number of benzene rings is 1. The van der Waals surface area contributed by atoms with E-state index in [1.165, 1.54) is 22.1 Å². The van der Waals surface area contributed by atoms with Crippen molar-refractivity contribution in [2.45, 2.75) is 6.92 Å². The summed E-state index contributed by atoms with van der Waals surface area (Å²) < 4.78 is 1.43. The smallest absolute Gasteiger partial charge is 0.356 e. The number of anilines is 1. The molecule has 0 fully saturated rings. The van der Waals surface area contributed by atoms with Gasteiger partial charge in [-0.15, -0.1) is 0 Å². The lowest BCUT2D eigenvalue weighted by Crippen LogP contribution is -2.14. The van der Waals surface area contributed by atoms with Crippen LogP contribution < -0.4 is 5.32 Å². The summed E-state index contributed by atoms with van der Waals surface area (Å²) in [4.78, 5) is 23.3. The number of nitrogens with zero attached hydrogens (tertiary/aromatic N) is 2. The van der Waals surface area contributed by atoms with Crippen LogP contribution in [0.25, 0.3) is 5.69 Å². The molecule has 7 heteroatoms. The van der Waals surface area contributed by atoms with Gasteiger partial charge in [-0.25, -0.2) is 9.48 Å². The molecule has 1 aromatic carbocycles. The Balaban J connectivity index is 1.93. The van der Waals surface area contributed by atoms with E-state index < -0.39 is 5.97 Å². The number of carboxylic acid groups (broad SMARTS) is 1. The van der Waals surface area contributed by atoms with Crippen LogP contribution >= 0.6 is 11.3 Å². The van der Waals surface area contributed by atoms with E-state index in [0.29, 0.717) is 16.9 Å². The van der Waals surface area contributed by atoms with E-state index in [4.69, 9.17) is 5.11 Å². The summed E-state index contributed by atoms with van der Waals surface area (Å²) in [6, 6.07) is 8.50. The fraction of sp³-hybridized carbons (Fsp3) is 0.0625. The van der Waals surface area contributed by atoms with E-state index in [0.717, 1.165) is 5.56 Å². The molecule has 23 heavy (non-hydrogen) atoms. The molecule has 2 heterocycles. The number of thiophene rings is 1. The first-order valence-electron chi connectivity index (χ1n) is 6.79. The van der Waals surface area contributed by atoms with Gasteiger partial charge in [0, 0.05) is 11.6 Å². The number of amides is 1. The average Bonchev–Trinajstić information content (AvgIpc) is 3.16. The van der Waals surface area contributed by atoms with Crippen molar-refractivity contribution >= 4 is 28.9 Å². The Morgan fingerprint density at radius 2 is 2.00 bits per heavy atom. The quantitative estimate of drug-likeness (QED) is 0.771. The van der Waals surface area contributed by atoms with Crippen molar-refractivity contribution in [1.29, 1.82) is 0 Å². The highest BCUT2D eigenvalue weighted by Gasteiger charge is 2.14. The Hall–Kier alpha value is -2.93. The van der Waals surface area contributed by atoms with Crippen LogP contribution in [0, 0.1) is 6.92 Å². The largest absolute Gasteiger partial charge is 0.476 e. The van der Waals surface area contributed by atoms with Crippen LogP contribution in [0.15, 0.2) is 47.3 Å². The molecule has 116 valence electrons. The van der Waals surface area contributed by atoms with Crippen LogP contribution in [-0.4, -0.2) is 26.8 Å². The number of aryl methyl sites for hydroxylation is 1. The van der Waals surface area contributed by atoms with E-state index in [9.17, 15) is 9.59 Å². The first-order chi connectivity index (χ1) is 11.1. The van der Waals surface area contributed by atoms with Crippen molar-refractivity contribution in [3.8, 4) is 5.69 Å². The number of carbonyl (C=O) groups excluding carboxylic acids is 1. The van der Waals surface area contributed by atoms with E-state index >= 15 is 0 Å². The highest BCUT2D eigenvalue weighted by Crippen LogP contribution is 2.22. The molecule has 0 atom stereocenters. The molecule has 0 aliphatic heterocycles. The summed E-state index contributed by atoms with van der Waals surface area (Å²) in [6.07, 6.45) is 1.55. The molecular weight excluding hydrogens is 314 g/mol. The van der Waals surface area contributed by atoms with Crippen molar-refractivity contribution < 1.29 is 14.7 Å². The Kier molecular flexibility index (Phi) is 3.94. The third-order valence-electron chi connectivity index (χ3n) is 3.31. The van der Waals surface area contributed by atoms with Crippen LogP contribution in [0.2, 0.25) is 0 Å². The van der Waals surface area contributed by atoms with Gasteiger partial charge in [0.1, 0.15) is 0 Å². The van der Waals surface area contributed by atoms with E-state index in [2.05, 4.69) is 10.4 Å². The van der Waals surface area contributed by atoms with Gasteiger partial charge in [-0.3, -0.25) is 4.79 Å². The van der Waals surface area contributed by atoms with Crippen molar-refractivity contribution in [3.63, 3.8) is 0 Å². The zero-order chi connectivity index (χ0) is 16.4. The van der Waals surface area contributed by atoms with Gasteiger partial charge in [-0.05, 0) is 36.1 Å². The normalized spacial score (nSPS) is 10.5. The zero-order valence-corrected chi connectivity index (χ0v) is 13.0. The highest BCUT2D eigenvalue weighted by atomic mass is 32.1. The Morgan fingerprint density at radius 1 is 1.22 bits per heavy atom. The summed E-state index contributed by atoms with van der Waals surface area (Å²) in [6.45, 7) is 1.88. The molecule has 6 nitrogen and oxygen atoms in total. The van der Waals surface area contributed by atoms with Gasteiger partial charge in [0.15, 0.2) is 5.69 Å². The molecule has 0 unspecified atom stereocenters. The topological polar surface area (TPSA) is 84.2 Å². The average molecular weight is 327 g/mol. The van der Waals surface area contributed by atoms with Crippen LogP contribution in [0.1, 0.15) is 26.4 Å². The maximum atomic E-state index is 12.4. The van der Waals surface area contributed by atoms with Gasteiger partial charge in [-0.2, -0.15) is 16.4 Å². The van der Waals surface area contributed by atoms with Crippen LogP contribution in [0.5, 0.6) is 0 Å². The van der Waals surface area contributed by atoms with Gasteiger partial charge >= 0.3 is 5.97 Å². The van der Waals surface area contributed by atoms with Crippen LogP contribution in [-0.2, 0) is 0 Å². The minimum absolute atomic E-state index is 0.0557. The number of hydrogen-bond donors (Lipinski definition) is 2. The third kappa shape index (κ3) is 3.00. The molecule has 2 aromatic heterocycles. The molecule has 1 amide bonds. The van der Waals surface area contributed by atoms with Gasteiger partial charge in [0.25, 0.3) is 5.91 Å². The van der Waals surface area contributed by atoms with Crippen LogP contribution in [0.4, 0.5) is 5.69 Å². The maximum Gasteiger partial charge on any atom is 0.356 e. The van der Waals surface area contributed by atoms with Gasteiger partial charge in [0.05, 0.1) is 16.9 Å². The second-order valence-electron chi connectivity index (χ2n) is 4.89. The minimum Gasteiger partial charge on any atom is -0.476 e. The first kappa shape index (κ1) is 15.0. The lowest BCUT2D eigenvalue weighted by atomic mass is 10.2. The van der Waals surface area contributed by atoms with Crippen molar-refractivity contribution in [2.75, 3.05) is 5.32 Å². The Morgan fingerprint density at radius 3 is 2.65 bits per heavy atom. The molecule has 0 bridgehead atoms. The standard InChI is InChI=1S/C16H13N3O3S/c1-10-8-23-9-11(10)15(20)17-12-4-2-3-5-14(12)19-7-6-13(18-19)16(21)22/h2-9H,1H3,(H,17,20)(H,21,22). The van der Waals surface area contributed by atoms with Crippen molar-refractivity contribution in [2.24, 2.45) is 0 Å². The van der Waals surface area contributed by atoms with Gasteiger partial charge in [0.2, 0.25) is 0 Å². The Labute approximate surface area is 136 Å². The second-order valence-corrected chi connectivity index (χ2v) is 5.63. The fourth-order valence-electron chi connectivity index (χ4n) is 2.13. The molecule has 0 aliphatic carbocycles. The molecule has 0 radical (unpaired) electrons. The Bertz CT molecular complexity index is 882. The number of carboxylic acids is 1. The maximum absolute atomic E-state index is 12.4. The predicted octanol–water partition coefficient (Wildman–Crippen LogP) is 3.19. The molecule has 2 N–H and O–H groups in total. The fourth-order valence-corrected chi connectivity index (χ4v) is 2.96. The monoisotopic (exact) mass is 327 g/mol. The molecule has 0 spiro atoms. The van der Waals surface area contributed by atoms with Crippen molar-refractivity contribution in [1.82, 2.24) is 9.78 Å². The van der Waals surface area contributed by atoms with E-state index in [1.54, 1.807) is 35.8 Å². The number of carbonyl (C=O) groups is 2. The number of aromatic carboxylic acids is 1. The van der Waals surface area contributed by atoms with Crippen molar-refractivity contribution in [3.05, 3.63) is 64.1 Å². The van der Waals surface area contributed by atoms with Gasteiger partial charge < -0.3 is 10.4 Å². The molecular formula is C16H13N3O3S.